The molecular weight excluding hydrogens is 387 g/mol. The molecule has 0 unspecified atom stereocenters. The summed E-state index contributed by atoms with van der Waals surface area (Å²) in [5.74, 6) is -0.714. The van der Waals surface area contributed by atoms with Gasteiger partial charge >= 0.3 is 0 Å². The number of pyridine rings is 1. The van der Waals surface area contributed by atoms with Gasteiger partial charge in [0.25, 0.3) is 11.5 Å². The molecule has 2 aromatic heterocycles. The van der Waals surface area contributed by atoms with Crippen LogP contribution in [0.25, 0.3) is 11.3 Å². The van der Waals surface area contributed by atoms with E-state index in [4.69, 9.17) is 28.9 Å². The summed E-state index contributed by atoms with van der Waals surface area (Å²) in [6, 6.07) is 10.4. The van der Waals surface area contributed by atoms with Crippen LogP contribution in [0.2, 0.25) is 10.0 Å². The Balaban J connectivity index is 1.93. The first-order chi connectivity index (χ1) is 12.9. The van der Waals surface area contributed by atoms with Crippen molar-refractivity contribution in [2.24, 2.45) is 5.73 Å². The molecule has 0 bridgehead atoms. The number of hydrogen-bond acceptors (Lipinski definition) is 4. The lowest BCUT2D eigenvalue weighted by atomic mass is 10.0. The molecule has 0 aliphatic rings. The number of nitrogens with two attached hydrogens (primary N) is 1. The van der Waals surface area contributed by atoms with Crippen LogP contribution in [0.4, 0.5) is 0 Å². The topological polar surface area (TPSA) is 90.9 Å². The lowest BCUT2D eigenvalue weighted by molar-refractivity contribution is 0.0994. The molecule has 0 atom stereocenters. The summed E-state index contributed by atoms with van der Waals surface area (Å²) in [5, 5.41) is 5.03. The SMILES string of the molecule is CCn1nc(C(N)=O)c(-c2ccc(Cc3ccc(Cl)c(Cl)c3)cn2)cc1=O. The van der Waals surface area contributed by atoms with Crippen LogP contribution in [0.5, 0.6) is 0 Å². The number of aromatic nitrogens is 3. The van der Waals surface area contributed by atoms with Crippen molar-refractivity contribution in [3.8, 4) is 11.3 Å². The summed E-state index contributed by atoms with van der Waals surface area (Å²) in [5.41, 5.74) is 7.81. The highest BCUT2D eigenvalue weighted by Crippen LogP contribution is 2.24. The van der Waals surface area contributed by atoms with Gasteiger partial charge in [-0.3, -0.25) is 14.6 Å². The second-order valence-electron chi connectivity index (χ2n) is 5.90. The Morgan fingerprint density at radius 2 is 1.85 bits per heavy atom. The van der Waals surface area contributed by atoms with E-state index < -0.39 is 5.91 Å². The van der Waals surface area contributed by atoms with Crippen molar-refractivity contribution < 1.29 is 4.79 Å². The molecule has 0 fully saturated rings. The average Bonchev–Trinajstić information content (AvgIpc) is 2.65. The number of halogens is 2. The lowest BCUT2D eigenvalue weighted by Crippen LogP contribution is -2.27. The van der Waals surface area contributed by atoms with E-state index in [0.717, 1.165) is 11.1 Å². The van der Waals surface area contributed by atoms with Gasteiger partial charge in [-0.05, 0) is 42.7 Å². The summed E-state index contributed by atoms with van der Waals surface area (Å²) in [6.07, 6.45) is 2.29. The molecule has 0 aliphatic heterocycles. The maximum atomic E-state index is 12.1. The van der Waals surface area contributed by atoms with Crippen LogP contribution < -0.4 is 11.3 Å². The van der Waals surface area contributed by atoms with Crippen molar-refractivity contribution in [1.82, 2.24) is 14.8 Å². The fraction of sp³-hybridized carbons (Fsp3) is 0.158. The molecule has 1 amide bonds. The Kier molecular flexibility index (Phi) is 5.58. The fourth-order valence-electron chi connectivity index (χ4n) is 2.67. The first-order valence-electron chi connectivity index (χ1n) is 8.20. The highest BCUT2D eigenvalue weighted by Gasteiger charge is 2.16. The van der Waals surface area contributed by atoms with Gasteiger partial charge in [0.1, 0.15) is 0 Å². The Morgan fingerprint density at radius 1 is 1.11 bits per heavy atom. The van der Waals surface area contributed by atoms with Crippen LogP contribution in [0.3, 0.4) is 0 Å². The van der Waals surface area contributed by atoms with Crippen LogP contribution in [-0.2, 0) is 13.0 Å². The molecule has 138 valence electrons. The van der Waals surface area contributed by atoms with Gasteiger partial charge in [-0.1, -0.05) is 35.3 Å². The third-order valence-corrected chi connectivity index (χ3v) is 4.76. The fourth-order valence-corrected chi connectivity index (χ4v) is 2.99. The van der Waals surface area contributed by atoms with Crippen molar-refractivity contribution in [3.05, 3.63) is 79.8 Å². The molecule has 0 saturated carbocycles. The summed E-state index contributed by atoms with van der Waals surface area (Å²) >= 11 is 12.0. The Hall–Kier alpha value is -2.70. The van der Waals surface area contributed by atoms with E-state index in [1.165, 1.54) is 10.7 Å². The summed E-state index contributed by atoms with van der Waals surface area (Å²) in [4.78, 5) is 28.2. The van der Waals surface area contributed by atoms with Gasteiger partial charge in [0, 0.05) is 24.4 Å². The zero-order chi connectivity index (χ0) is 19.6. The van der Waals surface area contributed by atoms with Crippen LogP contribution >= 0.6 is 23.2 Å². The zero-order valence-electron chi connectivity index (χ0n) is 14.4. The van der Waals surface area contributed by atoms with Gasteiger partial charge in [0.05, 0.1) is 15.7 Å². The van der Waals surface area contributed by atoms with E-state index in [-0.39, 0.29) is 11.3 Å². The minimum absolute atomic E-state index is 0.0150. The van der Waals surface area contributed by atoms with E-state index in [1.807, 2.05) is 12.1 Å². The maximum Gasteiger partial charge on any atom is 0.269 e. The quantitative estimate of drug-likeness (QED) is 0.708. The number of carbonyl (C=O) groups excluding carboxylic acids is 1. The highest BCUT2D eigenvalue weighted by atomic mass is 35.5. The first-order valence-corrected chi connectivity index (χ1v) is 8.96. The van der Waals surface area contributed by atoms with E-state index in [9.17, 15) is 9.59 Å². The molecule has 27 heavy (non-hydrogen) atoms. The van der Waals surface area contributed by atoms with Crippen molar-refractivity contribution in [2.45, 2.75) is 19.9 Å². The molecule has 2 N–H and O–H groups in total. The van der Waals surface area contributed by atoms with E-state index in [0.29, 0.717) is 34.3 Å². The molecule has 3 rings (SSSR count). The molecule has 1 aromatic carbocycles. The van der Waals surface area contributed by atoms with Crippen molar-refractivity contribution >= 4 is 29.1 Å². The molecule has 0 radical (unpaired) electrons. The molecule has 0 aliphatic carbocycles. The van der Waals surface area contributed by atoms with Gasteiger partial charge in [0.15, 0.2) is 5.69 Å². The van der Waals surface area contributed by atoms with E-state index in [1.54, 1.807) is 31.3 Å². The van der Waals surface area contributed by atoms with Crippen LogP contribution in [0.1, 0.15) is 28.5 Å². The van der Waals surface area contributed by atoms with Crippen LogP contribution in [0, 0.1) is 0 Å². The third kappa shape index (κ3) is 4.18. The predicted molar refractivity (Wildman–Crippen MR) is 105 cm³/mol. The summed E-state index contributed by atoms with van der Waals surface area (Å²) in [6.45, 7) is 2.10. The molecule has 0 saturated heterocycles. The van der Waals surface area contributed by atoms with Gasteiger partial charge in [0.2, 0.25) is 0 Å². The minimum atomic E-state index is -0.714. The van der Waals surface area contributed by atoms with Crippen molar-refractivity contribution in [1.29, 1.82) is 0 Å². The van der Waals surface area contributed by atoms with Gasteiger partial charge in [-0.25, -0.2) is 4.68 Å². The van der Waals surface area contributed by atoms with Gasteiger partial charge in [-0.2, -0.15) is 5.10 Å². The number of amides is 1. The van der Waals surface area contributed by atoms with E-state index >= 15 is 0 Å². The molecule has 3 aromatic rings. The number of aryl methyl sites for hydroxylation is 1. The minimum Gasteiger partial charge on any atom is -0.364 e. The molecule has 6 nitrogen and oxygen atoms in total. The third-order valence-electron chi connectivity index (χ3n) is 4.02. The van der Waals surface area contributed by atoms with Crippen molar-refractivity contribution in [3.63, 3.8) is 0 Å². The normalized spacial score (nSPS) is 10.8. The Bertz CT molecular complexity index is 1060. The maximum absolute atomic E-state index is 12.1. The second kappa shape index (κ2) is 7.90. The number of rotatable bonds is 5. The summed E-state index contributed by atoms with van der Waals surface area (Å²) in [7, 11) is 0. The highest BCUT2D eigenvalue weighted by molar-refractivity contribution is 6.42. The number of carbonyl (C=O) groups is 1. The second-order valence-corrected chi connectivity index (χ2v) is 6.72. The number of nitrogens with zero attached hydrogens (tertiary/aromatic N) is 3. The van der Waals surface area contributed by atoms with E-state index in [2.05, 4.69) is 10.1 Å². The molecule has 8 heteroatoms. The first kappa shape index (κ1) is 19.1. The predicted octanol–water partition coefficient (Wildman–Crippen LogP) is 3.32. The largest absolute Gasteiger partial charge is 0.364 e. The number of benzene rings is 1. The van der Waals surface area contributed by atoms with Crippen LogP contribution in [-0.4, -0.2) is 20.7 Å². The average molecular weight is 403 g/mol. The van der Waals surface area contributed by atoms with Crippen molar-refractivity contribution in [2.75, 3.05) is 0 Å². The van der Waals surface area contributed by atoms with Gasteiger partial charge < -0.3 is 5.73 Å². The standard InChI is InChI=1S/C19H16Cl2N4O2/c1-2-25-17(26)9-13(18(24-25)19(22)27)16-6-4-12(10-23-16)7-11-3-5-14(20)15(21)8-11/h3-6,8-10H,2,7H2,1H3,(H2,22,27). The number of primary amides is 1. The number of hydrogen-bond donors (Lipinski definition) is 1. The molecule has 0 spiro atoms. The molecular formula is C19H16Cl2N4O2. The lowest BCUT2D eigenvalue weighted by Gasteiger charge is -2.09. The smallest absolute Gasteiger partial charge is 0.269 e. The zero-order valence-corrected chi connectivity index (χ0v) is 16.0. The van der Waals surface area contributed by atoms with Gasteiger partial charge in [-0.15, -0.1) is 0 Å². The summed E-state index contributed by atoms with van der Waals surface area (Å²) < 4.78 is 1.18. The Labute approximate surface area is 165 Å². The Morgan fingerprint density at radius 3 is 2.44 bits per heavy atom. The van der Waals surface area contributed by atoms with Crippen LogP contribution in [0.15, 0.2) is 47.4 Å². The molecule has 2 heterocycles. The monoisotopic (exact) mass is 402 g/mol.